The molecule has 0 spiro atoms. The lowest BCUT2D eigenvalue weighted by atomic mass is 9.87. The Labute approximate surface area is 145 Å². The number of fused-ring (bicyclic) bond motifs is 1. The summed E-state index contributed by atoms with van der Waals surface area (Å²) in [5.41, 5.74) is -4.72. The number of hydrogen-bond acceptors (Lipinski definition) is 7. The molecular weight excluding hydrogens is 344 g/mol. The molecule has 0 saturated heterocycles. The Kier molecular flexibility index (Phi) is 4.50. The molecule has 0 atom stereocenters. The molecule has 26 heavy (non-hydrogen) atoms. The number of ketones is 1. The normalized spacial score (nSPS) is 12.4. The number of non-ortho nitro benzene ring substituents is 1. The second-order valence-corrected chi connectivity index (χ2v) is 6.44. The van der Waals surface area contributed by atoms with E-state index in [-0.39, 0.29) is 16.7 Å². The van der Waals surface area contributed by atoms with Gasteiger partial charge in [-0.25, -0.2) is 4.57 Å². The molecular formula is C16H14N4O6. The van der Waals surface area contributed by atoms with Crippen molar-refractivity contribution in [3.63, 3.8) is 0 Å². The van der Waals surface area contributed by atoms with Gasteiger partial charge in [-0.3, -0.25) is 24.5 Å². The van der Waals surface area contributed by atoms with Crippen LogP contribution in [-0.2, 0) is 4.79 Å². The summed E-state index contributed by atoms with van der Waals surface area (Å²) in [4.78, 5) is 48.8. The van der Waals surface area contributed by atoms with Crippen LogP contribution >= 0.6 is 0 Å². The number of nitro groups is 1. The Hall–Kier alpha value is -3.74. The topological polar surface area (TPSA) is 159 Å². The Bertz CT molecular complexity index is 1120. The summed E-state index contributed by atoms with van der Waals surface area (Å²) in [5.74, 6) is -1.75. The van der Waals surface area contributed by atoms with Gasteiger partial charge in [0.05, 0.1) is 16.0 Å². The number of rotatable bonds is 3. The smallest absolute Gasteiger partial charge is 0.323 e. The van der Waals surface area contributed by atoms with Crippen LogP contribution in [0.1, 0.15) is 20.8 Å². The number of nitriles is 1. The number of benzene rings is 1. The molecule has 10 heteroatoms. The van der Waals surface area contributed by atoms with E-state index < -0.39 is 38.7 Å². The van der Waals surface area contributed by atoms with Gasteiger partial charge in [0, 0.05) is 17.5 Å². The van der Waals surface area contributed by atoms with Crippen molar-refractivity contribution < 1.29 is 14.8 Å². The van der Waals surface area contributed by atoms with E-state index >= 15 is 0 Å². The fourth-order valence-electron chi connectivity index (χ4n) is 2.22. The Morgan fingerprint density at radius 2 is 1.96 bits per heavy atom. The molecule has 10 nitrogen and oxygen atoms in total. The van der Waals surface area contributed by atoms with Crippen molar-refractivity contribution in [1.82, 2.24) is 9.55 Å². The lowest BCUT2D eigenvalue weighted by Crippen LogP contribution is -2.37. The number of carbonyl (C=O) groups excluding carboxylic acids is 1. The standard InChI is InChI=1S/C16H14N4O6/c1-16(2,3)12(21)9(7-17)14(23)19-11-5-4-8(20(25)26)6-10(11)18-13(22)15(19)24/h4-6,23H,1-3H3,(H,18,22). The van der Waals surface area contributed by atoms with Crippen LogP contribution in [0.5, 0.6) is 0 Å². The highest BCUT2D eigenvalue weighted by molar-refractivity contribution is 6.06. The van der Waals surface area contributed by atoms with Gasteiger partial charge in [-0.1, -0.05) is 20.8 Å². The number of nitro benzene ring substituents is 1. The number of aromatic nitrogens is 2. The molecule has 1 aromatic carbocycles. The first kappa shape index (κ1) is 18.6. The molecule has 0 aliphatic carbocycles. The summed E-state index contributed by atoms with van der Waals surface area (Å²) in [6.07, 6.45) is 0. The quantitative estimate of drug-likeness (QED) is 0.210. The fourth-order valence-corrected chi connectivity index (χ4v) is 2.22. The number of aromatic amines is 1. The van der Waals surface area contributed by atoms with E-state index in [1.165, 1.54) is 20.8 Å². The predicted octanol–water partition coefficient (Wildman–Crippen LogP) is 1.46. The molecule has 1 heterocycles. The van der Waals surface area contributed by atoms with Gasteiger partial charge in [-0.2, -0.15) is 5.26 Å². The Morgan fingerprint density at radius 3 is 2.46 bits per heavy atom. The zero-order valence-corrected chi connectivity index (χ0v) is 14.1. The summed E-state index contributed by atoms with van der Waals surface area (Å²) in [6.45, 7) is 4.55. The second kappa shape index (κ2) is 6.29. The molecule has 2 rings (SSSR count). The minimum absolute atomic E-state index is 0.104. The maximum Gasteiger partial charge on any atom is 0.323 e. The van der Waals surface area contributed by atoms with Crippen molar-refractivity contribution in [3.8, 4) is 6.07 Å². The van der Waals surface area contributed by atoms with Crippen molar-refractivity contribution >= 4 is 28.4 Å². The Balaban J connectivity index is 2.94. The fraction of sp³-hybridized carbons (Fsp3) is 0.250. The van der Waals surface area contributed by atoms with E-state index in [2.05, 4.69) is 4.98 Å². The van der Waals surface area contributed by atoms with Gasteiger partial charge in [0.1, 0.15) is 6.07 Å². The molecule has 2 N–H and O–H groups in total. The van der Waals surface area contributed by atoms with E-state index in [0.717, 1.165) is 18.2 Å². The lowest BCUT2D eigenvalue weighted by Gasteiger charge is -2.17. The number of allylic oxidation sites excluding steroid dienone is 1. The molecule has 0 amide bonds. The maximum atomic E-state index is 12.4. The van der Waals surface area contributed by atoms with Crippen molar-refractivity contribution in [2.45, 2.75) is 20.8 Å². The van der Waals surface area contributed by atoms with Crippen molar-refractivity contribution in [3.05, 3.63) is 54.6 Å². The van der Waals surface area contributed by atoms with E-state index in [4.69, 9.17) is 0 Å². The van der Waals surface area contributed by atoms with E-state index in [1.807, 2.05) is 0 Å². The van der Waals surface area contributed by atoms with Gasteiger partial charge < -0.3 is 10.1 Å². The first-order chi connectivity index (χ1) is 12.0. The summed E-state index contributed by atoms with van der Waals surface area (Å²) in [6, 6.07) is 4.72. The van der Waals surface area contributed by atoms with E-state index in [9.17, 15) is 34.9 Å². The van der Waals surface area contributed by atoms with Crippen LogP contribution in [0.2, 0.25) is 0 Å². The maximum absolute atomic E-state index is 12.4. The van der Waals surface area contributed by atoms with Gasteiger partial charge in [0.25, 0.3) is 5.69 Å². The van der Waals surface area contributed by atoms with E-state index in [0.29, 0.717) is 4.57 Å². The molecule has 0 fully saturated rings. The number of hydrogen-bond donors (Lipinski definition) is 2. The average Bonchev–Trinajstić information content (AvgIpc) is 2.55. The molecule has 0 bridgehead atoms. The molecule has 0 aliphatic heterocycles. The zero-order chi connectivity index (χ0) is 19.8. The minimum Gasteiger partial charge on any atom is -0.493 e. The van der Waals surface area contributed by atoms with Crippen molar-refractivity contribution in [2.75, 3.05) is 0 Å². The molecule has 0 aliphatic rings. The molecule has 0 radical (unpaired) electrons. The van der Waals surface area contributed by atoms with Crippen LogP contribution in [0.4, 0.5) is 5.69 Å². The molecule has 0 saturated carbocycles. The number of aliphatic hydroxyl groups excluding tert-OH is 1. The second-order valence-electron chi connectivity index (χ2n) is 6.44. The molecule has 0 unspecified atom stereocenters. The molecule has 1 aromatic heterocycles. The first-order valence-electron chi connectivity index (χ1n) is 7.31. The SMILES string of the molecule is CC(C)(C)C(=O)C(C#N)=C(O)n1c(=O)c(=O)[nH]c2cc([N+](=O)[O-])ccc21. The van der Waals surface area contributed by atoms with E-state index in [1.54, 1.807) is 6.07 Å². The highest BCUT2D eigenvalue weighted by Crippen LogP contribution is 2.24. The summed E-state index contributed by atoms with van der Waals surface area (Å²) in [5, 5.41) is 30.5. The Morgan fingerprint density at radius 1 is 1.35 bits per heavy atom. The summed E-state index contributed by atoms with van der Waals surface area (Å²) in [7, 11) is 0. The van der Waals surface area contributed by atoms with Gasteiger partial charge in [-0.15, -0.1) is 0 Å². The number of Topliss-reactive ketones (excluding diaryl/α,β-unsaturated/α-hetero) is 1. The number of H-pyrrole nitrogens is 1. The number of nitrogens with one attached hydrogen (secondary N) is 1. The third kappa shape index (κ3) is 3.10. The minimum atomic E-state index is -1.24. The largest absolute Gasteiger partial charge is 0.493 e. The van der Waals surface area contributed by atoms with Crippen LogP contribution in [0, 0.1) is 26.9 Å². The predicted molar refractivity (Wildman–Crippen MR) is 91.4 cm³/mol. The average molecular weight is 358 g/mol. The van der Waals surface area contributed by atoms with Crippen molar-refractivity contribution in [2.24, 2.45) is 5.41 Å². The lowest BCUT2D eigenvalue weighted by molar-refractivity contribution is -0.384. The van der Waals surface area contributed by atoms with Crippen molar-refractivity contribution in [1.29, 1.82) is 5.26 Å². The summed E-state index contributed by atoms with van der Waals surface area (Å²) >= 11 is 0. The first-order valence-corrected chi connectivity index (χ1v) is 7.31. The number of aliphatic hydroxyl groups is 1. The number of carbonyl (C=O) groups is 1. The van der Waals surface area contributed by atoms with Gasteiger partial charge in [-0.05, 0) is 6.07 Å². The third-order valence-electron chi connectivity index (χ3n) is 3.53. The van der Waals surface area contributed by atoms with Gasteiger partial charge in [0.15, 0.2) is 11.4 Å². The third-order valence-corrected chi connectivity index (χ3v) is 3.53. The van der Waals surface area contributed by atoms with Crippen LogP contribution in [0.25, 0.3) is 16.9 Å². The molecule has 134 valence electrons. The van der Waals surface area contributed by atoms with Crippen LogP contribution in [-0.4, -0.2) is 25.4 Å². The highest BCUT2D eigenvalue weighted by Gasteiger charge is 2.29. The van der Waals surface area contributed by atoms with Gasteiger partial charge in [0.2, 0.25) is 5.88 Å². The summed E-state index contributed by atoms with van der Waals surface area (Å²) < 4.78 is 0.486. The van der Waals surface area contributed by atoms with Gasteiger partial charge >= 0.3 is 11.1 Å². The highest BCUT2D eigenvalue weighted by atomic mass is 16.6. The van der Waals surface area contributed by atoms with Crippen LogP contribution in [0.15, 0.2) is 33.4 Å². The zero-order valence-electron chi connectivity index (χ0n) is 14.1. The van der Waals surface area contributed by atoms with Crippen LogP contribution in [0.3, 0.4) is 0 Å². The monoisotopic (exact) mass is 358 g/mol. The van der Waals surface area contributed by atoms with Crippen LogP contribution < -0.4 is 11.1 Å². The molecule has 2 aromatic rings. The number of nitrogens with zero attached hydrogens (tertiary/aromatic N) is 3.